The quantitative estimate of drug-likeness (QED) is 0.0627. The van der Waals surface area contributed by atoms with Gasteiger partial charge in [0.15, 0.2) is 0 Å². The Morgan fingerprint density at radius 1 is 0.795 bits per heavy atom. The topological polar surface area (TPSA) is 67.6 Å². The van der Waals surface area contributed by atoms with Crippen LogP contribution in [-0.4, -0.2) is 30.3 Å². The van der Waals surface area contributed by atoms with E-state index in [1.165, 1.54) is 49.9 Å². The molecule has 0 bridgehead atoms. The van der Waals surface area contributed by atoms with E-state index in [9.17, 15) is 4.79 Å². The third-order valence-electron chi connectivity index (χ3n) is 6.48. The number of nitrogens with one attached hydrogen (secondary N) is 1. The van der Waals surface area contributed by atoms with Crippen LogP contribution >= 0.6 is 35.6 Å². The van der Waals surface area contributed by atoms with Gasteiger partial charge in [-0.2, -0.15) is 0 Å². The molecule has 39 heavy (non-hydrogen) atoms. The van der Waals surface area contributed by atoms with Crippen molar-refractivity contribution in [2.75, 3.05) is 29.3 Å². The molecule has 206 valence electrons. The molecule has 5 nitrogen and oxygen atoms in total. The zero-order chi connectivity index (χ0) is 27.3. The van der Waals surface area contributed by atoms with Crippen LogP contribution in [0.4, 0.5) is 11.4 Å². The molecular weight excluding hydrogens is 543 g/mol. The Labute approximate surface area is 245 Å². The minimum atomic E-state index is -0.0922. The molecule has 3 N–H and O–H groups in total. The molecule has 0 aliphatic carbocycles. The van der Waals surface area contributed by atoms with Gasteiger partial charge in [-0.05, 0) is 60.5 Å². The molecule has 0 spiro atoms. The summed E-state index contributed by atoms with van der Waals surface area (Å²) in [4.78, 5) is 13.9. The maximum Gasteiger partial charge on any atom is 0.233 e. The van der Waals surface area contributed by atoms with Gasteiger partial charge in [-0.25, -0.2) is 5.84 Å². The van der Waals surface area contributed by atoms with E-state index >= 15 is 0 Å². The number of nitrogens with two attached hydrogens (primary N) is 1. The van der Waals surface area contributed by atoms with Crippen LogP contribution in [0.15, 0.2) is 83.1 Å². The van der Waals surface area contributed by atoms with Crippen molar-refractivity contribution in [1.82, 2.24) is 5.43 Å². The highest BCUT2D eigenvalue weighted by molar-refractivity contribution is 8.22. The standard InChI is InChI=1S/C31H37N3O2S3/c1-36-39-22-12-21-38-31(37-20-11-3-6-19-29(35)33-32)30-25-15-7-9-17-27(25)34(23-24-13-4-2-5-14-24)28-18-10-8-16-26(28)30/h2,4-5,7-10,13-18H,3,6,11-12,19-23,32H2,1H3,(H,33,35). The molecule has 1 aliphatic heterocycles. The van der Waals surface area contributed by atoms with Crippen LogP contribution in [0, 0.1) is 0 Å². The lowest BCUT2D eigenvalue weighted by molar-refractivity contribution is -0.121. The van der Waals surface area contributed by atoms with Crippen LogP contribution in [0.5, 0.6) is 0 Å². The summed E-state index contributed by atoms with van der Waals surface area (Å²) in [6.45, 7) is 0.822. The Balaban J connectivity index is 1.64. The number of carbonyl (C=O) groups excluding carboxylic acids is 1. The fourth-order valence-corrected chi connectivity index (χ4v) is 7.81. The summed E-state index contributed by atoms with van der Waals surface area (Å²) in [5.41, 5.74) is 9.91. The molecule has 1 amide bonds. The van der Waals surface area contributed by atoms with Gasteiger partial charge in [0.2, 0.25) is 5.91 Å². The molecule has 8 heteroatoms. The number of rotatable bonds is 15. The van der Waals surface area contributed by atoms with E-state index in [1.807, 2.05) is 23.5 Å². The molecule has 0 radical (unpaired) electrons. The zero-order valence-corrected chi connectivity index (χ0v) is 24.9. The van der Waals surface area contributed by atoms with Crippen molar-refractivity contribution >= 4 is 58.4 Å². The lowest BCUT2D eigenvalue weighted by Gasteiger charge is -2.35. The van der Waals surface area contributed by atoms with Crippen LogP contribution in [0.3, 0.4) is 0 Å². The lowest BCUT2D eigenvalue weighted by Crippen LogP contribution is -2.29. The minimum absolute atomic E-state index is 0.0922. The molecule has 3 aromatic rings. The van der Waals surface area contributed by atoms with Gasteiger partial charge in [0.25, 0.3) is 0 Å². The number of hydrogen-bond donors (Lipinski definition) is 2. The Kier molecular flexibility index (Phi) is 12.2. The third-order valence-corrected chi connectivity index (χ3v) is 9.80. The van der Waals surface area contributed by atoms with Crippen molar-refractivity contribution in [3.63, 3.8) is 0 Å². The Bertz CT molecular complexity index is 1190. The number of carbonyl (C=O) groups is 1. The summed E-state index contributed by atoms with van der Waals surface area (Å²) in [7, 11) is 1.73. The molecule has 0 atom stereocenters. The van der Waals surface area contributed by atoms with E-state index < -0.39 is 0 Å². The summed E-state index contributed by atoms with van der Waals surface area (Å²) in [5.74, 6) is 8.16. The lowest BCUT2D eigenvalue weighted by atomic mass is 9.91. The van der Waals surface area contributed by atoms with Crippen LogP contribution in [0.2, 0.25) is 0 Å². The summed E-state index contributed by atoms with van der Waals surface area (Å²) >= 11 is 5.43. The molecular formula is C31H37N3O2S3. The number of unbranched alkanes of at least 4 members (excludes halogenated alkanes) is 2. The second-order valence-corrected chi connectivity index (χ2v) is 12.6. The maximum absolute atomic E-state index is 11.5. The van der Waals surface area contributed by atoms with Crippen molar-refractivity contribution in [2.24, 2.45) is 5.84 Å². The number of benzene rings is 3. The molecule has 0 unspecified atom stereocenters. The third kappa shape index (κ3) is 8.32. The predicted molar refractivity (Wildman–Crippen MR) is 171 cm³/mol. The highest BCUT2D eigenvalue weighted by atomic mass is 32.2. The number of anilines is 2. The first-order chi connectivity index (χ1) is 19.2. The van der Waals surface area contributed by atoms with E-state index in [1.54, 1.807) is 7.11 Å². The van der Waals surface area contributed by atoms with Crippen LogP contribution < -0.4 is 16.2 Å². The van der Waals surface area contributed by atoms with E-state index in [0.717, 1.165) is 49.5 Å². The molecule has 1 heterocycles. The second-order valence-electron chi connectivity index (χ2n) is 9.19. The SMILES string of the molecule is COSCCCSC(SCCCCCC(=O)NN)=C1c2ccccc2N(Cc2ccccc2)c2ccccc21. The Hall–Kier alpha value is -2.36. The fraction of sp³-hybridized carbons (Fsp3) is 0.323. The molecule has 4 rings (SSSR count). The molecule has 3 aromatic carbocycles. The Morgan fingerprint density at radius 3 is 2.05 bits per heavy atom. The first-order valence-electron chi connectivity index (χ1n) is 13.4. The van der Waals surface area contributed by atoms with Gasteiger partial charge in [-0.1, -0.05) is 73.2 Å². The maximum atomic E-state index is 11.5. The van der Waals surface area contributed by atoms with Crippen molar-refractivity contribution < 1.29 is 8.98 Å². The van der Waals surface area contributed by atoms with Crippen molar-refractivity contribution in [2.45, 2.75) is 38.6 Å². The highest BCUT2D eigenvalue weighted by Gasteiger charge is 2.28. The van der Waals surface area contributed by atoms with Crippen LogP contribution in [-0.2, 0) is 15.5 Å². The smallest absolute Gasteiger partial charge is 0.233 e. The van der Waals surface area contributed by atoms with Gasteiger partial charge in [-0.3, -0.25) is 10.2 Å². The van der Waals surface area contributed by atoms with Crippen molar-refractivity contribution in [1.29, 1.82) is 0 Å². The van der Waals surface area contributed by atoms with Gasteiger partial charge >= 0.3 is 0 Å². The average molecular weight is 580 g/mol. The zero-order valence-electron chi connectivity index (χ0n) is 22.4. The van der Waals surface area contributed by atoms with Gasteiger partial charge in [0.1, 0.15) is 0 Å². The van der Waals surface area contributed by atoms with E-state index in [4.69, 9.17) is 10.0 Å². The second kappa shape index (κ2) is 16.0. The van der Waals surface area contributed by atoms with Crippen LogP contribution in [0.25, 0.3) is 5.57 Å². The van der Waals surface area contributed by atoms with Gasteiger partial charge in [0.05, 0.1) is 7.11 Å². The van der Waals surface area contributed by atoms with Gasteiger partial charge in [0, 0.05) is 51.0 Å². The number of para-hydroxylation sites is 2. The van der Waals surface area contributed by atoms with E-state index in [2.05, 4.69) is 89.2 Å². The number of amides is 1. The first kappa shape index (κ1) is 29.6. The molecule has 0 aromatic heterocycles. The van der Waals surface area contributed by atoms with Gasteiger partial charge in [-0.15, -0.1) is 23.5 Å². The Morgan fingerprint density at radius 2 is 1.41 bits per heavy atom. The highest BCUT2D eigenvalue weighted by Crippen LogP contribution is 2.50. The average Bonchev–Trinajstić information content (AvgIpc) is 2.98. The molecule has 0 saturated heterocycles. The summed E-state index contributed by atoms with van der Waals surface area (Å²) in [5, 5.41) is 0. The van der Waals surface area contributed by atoms with Gasteiger partial charge < -0.3 is 9.08 Å². The van der Waals surface area contributed by atoms with Crippen LogP contribution in [0.1, 0.15) is 48.8 Å². The van der Waals surface area contributed by atoms with E-state index in [-0.39, 0.29) is 5.91 Å². The van der Waals surface area contributed by atoms with Crippen molar-refractivity contribution in [3.8, 4) is 0 Å². The number of hydrogen-bond acceptors (Lipinski definition) is 7. The number of hydrazine groups is 1. The molecule has 0 fully saturated rings. The first-order valence-corrected chi connectivity index (χ1v) is 16.3. The molecule has 0 saturated carbocycles. The van der Waals surface area contributed by atoms with Crippen molar-refractivity contribution in [3.05, 3.63) is 99.8 Å². The number of nitrogens with zero attached hydrogens (tertiary/aromatic N) is 1. The predicted octanol–water partition coefficient (Wildman–Crippen LogP) is 7.76. The summed E-state index contributed by atoms with van der Waals surface area (Å²) < 4.78 is 6.57. The number of thioether (sulfide) groups is 2. The molecule has 1 aliphatic rings. The monoisotopic (exact) mass is 579 g/mol. The normalized spacial score (nSPS) is 12.2. The largest absolute Gasteiger partial charge is 0.336 e. The van der Waals surface area contributed by atoms with E-state index in [0.29, 0.717) is 6.42 Å². The fourth-order valence-electron chi connectivity index (χ4n) is 4.63. The summed E-state index contributed by atoms with van der Waals surface area (Å²) in [6, 6.07) is 28.3. The minimum Gasteiger partial charge on any atom is -0.336 e. The summed E-state index contributed by atoms with van der Waals surface area (Å²) in [6.07, 6.45) is 4.49. The number of fused-ring (bicyclic) bond motifs is 2.